The van der Waals surface area contributed by atoms with Gasteiger partial charge in [-0.05, 0) is 44.2 Å². The van der Waals surface area contributed by atoms with Crippen molar-refractivity contribution in [2.45, 2.75) is 18.9 Å². The number of benzene rings is 1. The number of Topliss-reactive ketones (excluding diaryl/α,β-unsaturated/α-hetero) is 1. The number of hydrogen-bond acceptors (Lipinski definition) is 4. The summed E-state index contributed by atoms with van der Waals surface area (Å²) in [7, 11) is 1.90. The van der Waals surface area contributed by atoms with Crippen LogP contribution >= 0.6 is 23.4 Å². The fraction of sp³-hybridized carbons (Fsp3) is 0.500. The van der Waals surface area contributed by atoms with E-state index in [1.54, 1.807) is 24.3 Å². The maximum Gasteiger partial charge on any atom is 0.232 e. The molecular weight excluding hydrogens is 320 g/mol. The molecule has 0 spiro atoms. The number of likely N-dealkylation sites (N-methyl/N-ethyl adjacent to an activating group) is 1. The zero-order valence-corrected chi connectivity index (χ0v) is 14.3. The minimum atomic E-state index is 0.0302. The van der Waals surface area contributed by atoms with Crippen molar-refractivity contribution < 1.29 is 9.59 Å². The largest absolute Gasteiger partial charge is 0.338 e. The first kappa shape index (κ1) is 17.3. The molecule has 0 radical (unpaired) electrons. The van der Waals surface area contributed by atoms with Crippen LogP contribution in [0.25, 0.3) is 0 Å². The smallest absolute Gasteiger partial charge is 0.232 e. The number of ketones is 1. The van der Waals surface area contributed by atoms with E-state index in [-0.39, 0.29) is 11.7 Å². The molecule has 1 saturated heterocycles. The second kappa shape index (κ2) is 8.56. The molecule has 1 amide bonds. The summed E-state index contributed by atoms with van der Waals surface area (Å²) in [6.07, 6.45) is 2.12. The number of carbonyl (C=O) groups is 2. The van der Waals surface area contributed by atoms with Crippen LogP contribution in [-0.4, -0.2) is 54.3 Å². The molecule has 120 valence electrons. The highest BCUT2D eigenvalue weighted by Crippen LogP contribution is 2.19. The Morgan fingerprint density at radius 3 is 2.73 bits per heavy atom. The first-order valence-corrected chi connectivity index (χ1v) is 8.95. The lowest BCUT2D eigenvalue weighted by Crippen LogP contribution is -2.41. The molecule has 1 unspecified atom stereocenters. The Balaban J connectivity index is 1.77. The molecule has 1 atom stereocenters. The second-order valence-corrected chi connectivity index (χ2v) is 6.79. The van der Waals surface area contributed by atoms with Crippen LogP contribution in [0.2, 0.25) is 5.02 Å². The van der Waals surface area contributed by atoms with Crippen LogP contribution in [0.3, 0.4) is 0 Å². The van der Waals surface area contributed by atoms with Crippen LogP contribution in [0.15, 0.2) is 24.3 Å². The first-order chi connectivity index (χ1) is 10.6. The Kier molecular flexibility index (Phi) is 6.73. The number of halogens is 1. The number of nitrogens with zero attached hydrogens (tertiary/aromatic N) is 1. The number of likely N-dealkylation sites (tertiary alicyclic amines) is 1. The van der Waals surface area contributed by atoms with Crippen molar-refractivity contribution in [3.05, 3.63) is 34.9 Å². The van der Waals surface area contributed by atoms with E-state index in [2.05, 4.69) is 5.32 Å². The van der Waals surface area contributed by atoms with Crippen LogP contribution in [0.5, 0.6) is 0 Å². The number of carbonyl (C=O) groups excluding carboxylic acids is 2. The Labute approximate surface area is 140 Å². The summed E-state index contributed by atoms with van der Waals surface area (Å²) in [6.45, 7) is 1.66. The number of thioether (sulfide) groups is 1. The molecule has 1 aromatic rings. The van der Waals surface area contributed by atoms with Gasteiger partial charge in [-0.3, -0.25) is 9.59 Å². The lowest BCUT2D eigenvalue weighted by atomic mass is 10.1. The van der Waals surface area contributed by atoms with Crippen LogP contribution in [0, 0.1) is 0 Å². The van der Waals surface area contributed by atoms with Gasteiger partial charge in [0.25, 0.3) is 0 Å². The normalized spacial score (nSPS) is 17.7. The Hall–Kier alpha value is -1.04. The third-order valence-electron chi connectivity index (χ3n) is 3.76. The lowest BCUT2D eigenvalue weighted by molar-refractivity contribution is -0.129. The summed E-state index contributed by atoms with van der Waals surface area (Å²) in [4.78, 5) is 26.2. The molecule has 6 heteroatoms. The van der Waals surface area contributed by atoms with Crippen LogP contribution in [0.1, 0.15) is 23.2 Å². The topological polar surface area (TPSA) is 49.4 Å². The quantitative estimate of drug-likeness (QED) is 0.775. The number of nitrogens with one attached hydrogen (secondary N) is 1. The van der Waals surface area contributed by atoms with Crippen LogP contribution in [0.4, 0.5) is 0 Å². The van der Waals surface area contributed by atoms with Gasteiger partial charge in [0.15, 0.2) is 5.78 Å². The van der Waals surface area contributed by atoms with Gasteiger partial charge in [0.1, 0.15) is 0 Å². The molecule has 1 aromatic carbocycles. The fourth-order valence-electron chi connectivity index (χ4n) is 2.64. The fourth-order valence-corrected chi connectivity index (χ4v) is 3.57. The van der Waals surface area contributed by atoms with E-state index in [1.165, 1.54) is 11.8 Å². The van der Waals surface area contributed by atoms with Crippen LogP contribution in [-0.2, 0) is 4.79 Å². The molecular formula is C16H21ClN2O2S. The molecule has 1 heterocycles. The third-order valence-corrected chi connectivity index (χ3v) is 4.93. The maximum absolute atomic E-state index is 12.2. The van der Waals surface area contributed by atoms with Crippen molar-refractivity contribution in [1.29, 1.82) is 0 Å². The summed E-state index contributed by atoms with van der Waals surface area (Å²) >= 11 is 7.18. The minimum Gasteiger partial charge on any atom is -0.338 e. The highest BCUT2D eigenvalue weighted by Gasteiger charge is 2.27. The van der Waals surface area contributed by atoms with Gasteiger partial charge in [-0.2, -0.15) is 0 Å². The zero-order valence-electron chi connectivity index (χ0n) is 12.7. The monoisotopic (exact) mass is 340 g/mol. The summed E-state index contributed by atoms with van der Waals surface area (Å²) in [5, 5.41) is 3.74. The van der Waals surface area contributed by atoms with Gasteiger partial charge in [0.05, 0.1) is 11.5 Å². The molecule has 0 bridgehead atoms. The van der Waals surface area contributed by atoms with Crippen molar-refractivity contribution >= 4 is 35.1 Å². The average Bonchev–Trinajstić information content (AvgIpc) is 2.96. The molecule has 22 heavy (non-hydrogen) atoms. The van der Waals surface area contributed by atoms with E-state index in [1.807, 2.05) is 11.9 Å². The second-order valence-electron chi connectivity index (χ2n) is 5.36. The Bertz CT molecular complexity index is 521. The van der Waals surface area contributed by atoms with Gasteiger partial charge in [-0.15, -0.1) is 11.8 Å². The van der Waals surface area contributed by atoms with E-state index in [0.717, 1.165) is 25.9 Å². The maximum atomic E-state index is 12.2. The Morgan fingerprint density at radius 1 is 1.32 bits per heavy atom. The van der Waals surface area contributed by atoms with E-state index < -0.39 is 0 Å². The zero-order chi connectivity index (χ0) is 15.9. The SMILES string of the molecule is CNCC1CCCN1C(=O)CSCC(=O)c1ccc(Cl)cc1. The number of rotatable bonds is 7. The van der Waals surface area contributed by atoms with Crippen molar-refractivity contribution in [1.82, 2.24) is 10.2 Å². The lowest BCUT2D eigenvalue weighted by Gasteiger charge is -2.24. The molecule has 0 aliphatic carbocycles. The van der Waals surface area contributed by atoms with Gasteiger partial charge in [0.2, 0.25) is 5.91 Å². The van der Waals surface area contributed by atoms with E-state index in [9.17, 15) is 9.59 Å². The molecule has 1 aliphatic heterocycles. The van der Waals surface area contributed by atoms with E-state index in [0.29, 0.717) is 28.1 Å². The van der Waals surface area contributed by atoms with E-state index in [4.69, 9.17) is 11.6 Å². The summed E-state index contributed by atoms with van der Waals surface area (Å²) < 4.78 is 0. The van der Waals surface area contributed by atoms with Crippen LogP contribution < -0.4 is 5.32 Å². The van der Waals surface area contributed by atoms with Crippen molar-refractivity contribution in [2.24, 2.45) is 0 Å². The predicted octanol–water partition coefficient (Wildman–Crippen LogP) is 2.47. The summed E-state index contributed by atoms with van der Waals surface area (Å²) in [5.41, 5.74) is 0.638. The summed E-state index contributed by atoms with van der Waals surface area (Å²) in [6, 6.07) is 7.14. The highest BCUT2D eigenvalue weighted by atomic mass is 35.5. The molecule has 0 aromatic heterocycles. The van der Waals surface area contributed by atoms with Crippen molar-refractivity contribution in [3.8, 4) is 0 Å². The average molecular weight is 341 g/mol. The molecule has 0 saturated carbocycles. The number of hydrogen-bond donors (Lipinski definition) is 1. The summed E-state index contributed by atoms with van der Waals surface area (Å²) in [5.74, 6) is 0.839. The molecule has 1 N–H and O–H groups in total. The van der Waals surface area contributed by atoms with Gasteiger partial charge < -0.3 is 10.2 Å². The standard InChI is InChI=1S/C16H21ClN2O2S/c1-18-9-14-3-2-8-19(14)16(21)11-22-10-15(20)12-4-6-13(17)7-5-12/h4-7,14,18H,2-3,8-11H2,1H3. The predicted molar refractivity (Wildman–Crippen MR) is 91.8 cm³/mol. The van der Waals surface area contributed by atoms with Gasteiger partial charge in [-0.1, -0.05) is 11.6 Å². The number of amides is 1. The van der Waals surface area contributed by atoms with Gasteiger partial charge in [-0.25, -0.2) is 0 Å². The van der Waals surface area contributed by atoms with Crippen molar-refractivity contribution in [3.63, 3.8) is 0 Å². The first-order valence-electron chi connectivity index (χ1n) is 7.42. The highest BCUT2D eigenvalue weighted by molar-refractivity contribution is 8.00. The molecule has 2 rings (SSSR count). The van der Waals surface area contributed by atoms with E-state index >= 15 is 0 Å². The third kappa shape index (κ3) is 4.73. The molecule has 1 fully saturated rings. The van der Waals surface area contributed by atoms with Gasteiger partial charge >= 0.3 is 0 Å². The minimum absolute atomic E-state index is 0.0302. The van der Waals surface area contributed by atoms with Crippen molar-refractivity contribution in [2.75, 3.05) is 31.6 Å². The Morgan fingerprint density at radius 2 is 2.05 bits per heavy atom. The molecule has 1 aliphatic rings. The molecule has 4 nitrogen and oxygen atoms in total. The van der Waals surface area contributed by atoms with Gasteiger partial charge in [0, 0.05) is 29.7 Å².